The van der Waals surface area contributed by atoms with Gasteiger partial charge in [-0.05, 0) is 31.2 Å². The molecular formula is C13H19N3O. The van der Waals surface area contributed by atoms with Crippen molar-refractivity contribution in [3.63, 3.8) is 0 Å². The number of aromatic nitrogens is 2. The van der Waals surface area contributed by atoms with Gasteiger partial charge in [0.15, 0.2) is 0 Å². The Morgan fingerprint density at radius 1 is 1.41 bits per heavy atom. The molecule has 1 aliphatic rings. The Balaban J connectivity index is 1.94. The second-order valence-electron chi connectivity index (χ2n) is 4.82. The van der Waals surface area contributed by atoms with E-state index in [1.54, 1.807) is 6.92 Å². The first kappa shape index (κ1) is 12.0. The van der Waals surface area contributed by atoms with Crippen LogP contribution in [0.15, 0.2) is 12.4 Å². The Labute approximate surface area is 102 Å². The number of ketones is 1. The van der Waals surface area contributed by atoms with Crippen LogP contribution >= 0.6 is 0 Å². The molecule has 0 spiro atoms. The maximum atomic E-state index is 10.9. The van der Waals surface area contributed by atoms with E-state index in [1.165, 1.54) is 24.8 Å². The molecule has 1 heterocycles. The highest BCUT2D eigenvalue weighted by Crippen LogP contribution is 2.35. The molecule has 2 rings (SSSR count). The van der Waals surface area contributed by atoms with E-state index in [0.29, 0.717) is 24.8 Å². The van der Waals surface area contributed by atoms with Gasteiger partial charge in [-0.3, -0.25) is 4.79 Å². The van der Waals surface area contributed by atoms with Crippen molar-refractivity contribution in [2.75, 3.05) is 18.5 Å². The molecule has 0 bridgehead atoms. The zero-order valence-electron chi connectivity index (χ0n) is 10.5. The fourth-order valence-corrected chi connectivity index (χ4v) is 1.91. The van der Waals surface area contributed by atoms with E-state index in [1.807, 2.05) is 24.3 Å². The summed E-state index contributed by atoms with van der Waals surface area (Å²) in [6, 6.07) is 0. The molecular weight excluding hydrogens is 214 g/mol. The maximum Gasteiger partial charge on any atom is 0.225 e. The van der Waals surface area contributed by atoms with Crippen molar-refractivity contribution in [2.24, 2.45) is 0 Å². The van der Waals surface area contributed by atoms with Crippen molar-refractivity contribution in [3.05, 3.63) is 18.0 Å². The lowest BCUT2D eigenvalue weighted by Gasteiger charge is -2.25. The standard InChI is InChI=1S/C13H19N3O/c1-10(17)6-7-16(2)13-14-8-12(9-15-13)11-4-3-5-11/h8-9,11H,3-7H2,1-2H3. The van der Waals surface area contributed by atoms with Crippen LogP contribution in [-0.4, -0.2) is 29.3 Å². The average molecular weight is 233 g/mol. The van der Waals surface area contributed by atoms with Gasteiger partial charge in [-0.15, -0.1) is 0 Å². The Morgan fingerprint density at radius 3 is 2.53 bits per heavy atom. The highest BCUT2D eigenvalue weighted by atomic mass is 16.1. The molecule has 1 saturated carbocycles. The molecule has 0 amide bonds. The first-order valence-electron chi connectivity index (χ1n) is 6.19. The van der Waals surface area contributed by atoms with E-state index in [-0.39, 0.29) is 5.78 Å². The van der Waals surface area contributed by atoms with Crippen LogP contribution < -0.4 is 4.90 Å². The van der Waals surface area contributed by atoms with Crippen molar-refractivity contribution < 1.29 is 4.79 Å². The van der Waals surface area contributed by atoms with Gasteiger partial charge in [-0.25, -0.2) is 9.97 Å². The maximum absolute atomic E-state index is 10.9. The van der Waals surface area contributed by atoms with Crippen LogP contribution in [0.5, 0.6) is 0 Å². The topological polar surface area (TPSA) is 46.1 Å². The summed E-state index contributed by atoms with van der Waals surface area (Å²) in [4.78, 5) is 21.6. The van der Waals surface area contributed by atoms with Crippen molar-refractivity contribution in [2.45, 2.75) is 38.5 Å². The smallest absolute Gasteiger partial charge is 0.225 e. The number of nitrogens with zero attached hydrogens (tertiary/aromatic N) is 3. The second-order valence-corrected chi connectivity index (χ2v) is 4.82. The van der Waals surface area contributed by atoms with Crippen LogP contribution in [0.1, 0.15) is 44.1 Å². The molecule has 4 nitrogen and oxygen atoms in total. The number of anilines is 1. The molecule has 0 radical (unpaired) electrons. The molecule has 4 heteroatoms. The van der Waals surface area contributed by atoms with E-state index in [2.05, 4.69) is 9.97 Å². The average Bonchev–Trinajstić information content (AvgIpc) is 2.24. The highest BCUT2D eigenvalue weighted by molar-refractivity contribution is 5.75. The molecule has 1 fully saturated rings. The molecule has 0 N–H and O–H groups in total. The Hall–Kier alpha value is -1.45. The molecule has 17 heavy (non-hydrogen) atoms. The van der Waals surface area contributed by atoms with Crippen LogP contribution in [0, 0.1) is 0 Å². The van der Waals surface area contributed by atoms with Crippen molar-refractivity contribution in [3.8, 4) is 0 Å². The SMILES string of the molecule is CC(=O)CCN(C)c1ncc(C2CCC2)cn1. The first-order valence-corrected chi connectivity index (χ1v) is 6.19. The van der Waals surface area contributed by atoms with Gasteiger partial charge >= 0.3 is 0 Å². The zero-order valence-corrected chi connectivity index (χ0v) is 10.5. The van der Waals surface area contributed by atoms with Gasteiger partial charge in [0.25, 0.3) is 0 Å². The molecule has 1 aromatic rings. The molecule has 1 aromatic heterocycles. The van der Waals surface area contributed by atoms with Gasteiger partial charge in [0.1, 0.15) is 5.78 Å². The summed E-state index contributed by atoms with van der Waals surface area (Å²) >= 11 is 0. The second kappa shape index (κ2) is 5.25. The van der Waals surface area contributed by atoms with Gasteiger partial charge in [0, 0.05) is 32.4 Å². The summed E-state index contributed by atoms with van der Waals surface area (Å²) in [6.07, 6.45) is 8.26. The minimum atomic E-state index is 0.197. The van der Waals surface area contributed by atoms with Gasteiger partial charge in [-0.2, -0.15) is 0 Å². The van der Waals surface area contributed by atoms with E-state index >= 15 is 0 Å². The molecule has 0 saturated heterocycles. The van der Waals surface area contributed by atoms with E-state index in [0.717, 1.165) is 0 Å². The van der Waals surface area contributed by atoms with E-state index in [9.17, 15) is 4.79 Å². The summed E-state index contributed by atoms with van der Waals surface area (Å²) in [5, 5.41) is 0. The highest BCUT2D eigenvalue weighted by Gasteiger charge is 2.20. The predicted octanol–water partition coefficient (Wildman–Crippen LogP) is 2.16. The van der Waals surface area contributed by atoms with Gasteiger partial charge in [-0.1, -0.05) is 6.42 Å². The van der Waals surface area contributed by atoms with Gasteiger partial charge < -0.3 is 4.90 Å². The van der Waals surface area contributed by atoms with Crippen molar-refractivity contribution in [1.29, 1.82) is 0 Å². The third kappa shape index (κ3) is 3.02. The minimum Gasteiger partial charge on any atom is -0.343 e. The third-order valence-electron chi connectivity index (χ3n) is 3.38. The third-order valence-corrected chi connectivity index (χ3v) is 3.38. The summed E-state index contributed by atoms with van der Waals surface area (Å²) < 4.78 is 0. The quantitative estimate of drug-likeness (QED) is 0.782. The Kier molecular flexibility index (Phi) is 3.71. The van der Waals surface area contributed by atoms with Crippen molar-refractivity contribution >= 4 is 11.7 Å². The lowest BCUT2D eigenvalue weighted by molar-refractivity contribution is -0.116. The minimum absolute atomic E-state index is 0.197. The Bertz CT molecular complexity index is 384. The summed E-state index contributed by atoms with van der Waals surface area (Å²) in [6.45, 7) is 2.28. The van der Waals surface area contributed by atoms with Crippen LogP contribution in [0.25, 0.3) is 0 Å². The monoisotopic (exact) mass is 233 g/mol. The number of hydrogen-bond donors (Lipinski definition) is 0. The number of hydrogen-bond acceptors (Lipinski definition) is 4. The molecule has 1 aliphatic carbocycles. The Morgan fingerprint density at radius 2 is 2.06 bits per heavy atom. The first-order chi connectivity index (χ1) is 8.16. The van der Waals surface area contributed by atoms with Crippen LogP contribution in [0.3, 0.4) is 0 Å². The number of Topliss-reactive ketones (excluding diaryl/α,β-unsaturated/α-hetero) is 1. The fraction of sp³-hybridized carbons (Fsp3) is 0.615. The summed E-state index contributed by atoms with van der Waals surface area (Å²) in [5.74, 6) is 1.57. The normalized spacial score (nSPS) is 15.4. The van der Waals surface area contributed by atoms with E-state index in [4.69, 9.17) is 0 Å². The van der Waals surface area contributed by atoms with Crippen LogP contribution in [0.4, 0.5) is 5.95 Å². The molecule has 0 aliphatic heterocycles. The largest absolute Gasteiger partial charge is 0.343 e. The number of carbonyl (C=O) groups excluding carboxylic acids is 1. The van der Waals surface area contributed by atoms with Gasteiger partial charge in [0.2, 0.25) is 5.95 Å². The molecule has 92 valence electrons. The van der Waals surface area contributed by atoms with Crippen molar-refractivity contribution in [1.82, 2.24) is 9.97 Å². The summed E-state index contributed by atoms with van der Waals surface area (Å²) in [5.41, 5.74) is 1.25. The number of carbonyl (C=O) groups is 1. The zero-order chi connectivity index (χ0) is 12.3. The lowest BCUT2D eigenvalue weighted by Crippen LogP contribution is -2.22. The fourth-order valence-electron chi connectivity index (χ4n) is 1.91. The van der Waals surface area contributed by atoms with Crippen LogP contribution in [0.2, 0.25) is 0 Å². The van der Waals surface area contributed by atoms with Gasteiger partial charge in [0.05, 0.1) is 0 Å². The lowest BCUT2D eigenvalue weighted by atomic mass is 9.81. The number of rotatable bonds is 5. The molecule has 0 atom stereocenters. The predicted molar refractivity (Wildman–Crippen MR) is 67.2 cm³/mol. The van der Waals surface area contributed by atoms with E-state index < -0.39 is 0 Å². The summed E-state index contributed by atoms with van der Waals surface area (Å²) in [7, 11) is 1.92. The molecule has 0 aromatic carbocycles. The van der Waals surface area contributed by atoms with Crippen LogP contribution in [-0.2, 0) is 4.79 Å². The molecule has 0 unspecified atom stereocenters.